The van der Waals surface area contributed by atoms with E-state index < -0.39 is 39.5 Å². The van der Waals surface area contributed by atoms with Gasteiger partial charge in [-0.05, 0) is 17.7 Å². The first kappa shape index (κ1) is 16.8. The Hall–Kier alpha value is -2.61. The molecule has 2 rings (SSSR count). The molecule has 0 aliphatic heterocycles. The van der Waals surface area contributed by atoms with E-state index in [4.69, 9.17) is 11.6 Å². The van der Waals surface area contributed by atoms with E-state index in [1.165, 1.54) is 0 Å². The summed E-state index contributed by atoms with van der Waals surface area (Å²) in [5.41, 5.74) is -1.66. The molecule has 0 bridgehead atoms. The van der Waals surface area contributed by atoms with Crippen LogP contribution in [0.2, 0.25) is 5.02 Å². The number of hydrogen-bond acceptors (Lipinski definition) is 3. The van der Waals surface area contributed by atoms with Gasteiger partial charge < -0.3 is 5.32 Å². The molecular weight excluding hydrogens is 337 g/mol. The number of rotatable bonds is 4. The highest BCUT2D eigenvalue weighted by Gasteiger charge is 2.28. The predicted octanol–water partition coefficient (Wildman–Crippen LogP) is 3.60. The number of nitrogens with one attached hydrogen (secondary N) is 1. The fourth-order valence-corrected chi connectivity index (χ4v) is 1.89. The van der Waals surface area contributed by atoms with E-state index in [2.05, 4.69) is 5.32 Å². The summed E-state index contributed by atoms with van der Waals surface area (Å²) in [5.74, 6) is -6.93. The smallest absolute Gasteiger partial charge is 0.308 e. The van der Waals surface area contributed by atoms with Crippen LogP contribution in [0.3, 0.4) is 0 Å². The second kappa shape index (κ2) is 6.66. The minimum absolute atomic E-state index is 0.0533. The van der Waals surface area contributed by atoms with Gasteiger partial charge in [0.15, 0.2) is 5.82 Å². The van der Waals surface area contributed by atoms with Gasteiger partial charge in [-0.3, -0.25) is 14.9 Å². The lowest BCUT2D eigenvalue weighted by atomic mass is 10.1. The molecule has 0 atom stereocenters. The number of hydrogen-bond donors (Lipinski definition) is 1. The Kier molecular flexibility index (Phi) is 4.85. The number of benzene rings is 2. The molecule has 23 heavy (non-hydrogen) atoms. The monoisotopic (exact) mass is 344 g/mol. The fourth-order valence-electron chi connectivity index (χ4n) is 1.77. The Balaban J connectivity index is 2.25. The molecule has 2 aromatic carbocycles. The van der Waals surface area contributed by atoms with E-state index in [1.807, 2.05) is 0 Å². The summed E-state index contributed by atoms with van der Waals surface area (Å²) < 4.78 is 40.2. The molecule has 0 heterocycles. The van der Waals surface area contributed by atoms with Crippen LogP contribution in [0, 0.1) is 27.6 Å². The van der Waals surface area contributed by atoms with E-state index in [0.29, 0.717) is 16.7 Å². The van der Waals surface area contributed by atoms with Crippen molar-refractivity contribution in [2.75, 3.05) is 0 Å². The standard InChI is InChI=1S/C14H8ClF3N2O3/c15-8-3-1-7(2-4-8)6-19-14(21)9-5-10(20(22)23)12(17)13(18)11(9)16/h1-5H,6H2,(H,19,21). The maximum Gasteiger partial charge on any atom is 0.308 e. The third kappa shape index (κ3) is 3.59. The number of nitrogens with zero attached hydrogens (tertiary/aromatic N) is 1. The highest BCUT2D eigenvalue weighted by molar-refractivity contribution is 6.30. The summed E-state index contributed by atoms with van der Waals surface area (Å²) in [5, 5.41) is 13.3. The molecule has 5 nitrogen and oxygen atoms in total. The highest BCUT2D eigenvalue weighted by Crippen LogP contribution is 2.25. The Morgan fingerprint density at radius 2 is 1.74 bits per heavy atom. The average molecular weight is 345 g/mol. The largest absolute Gasteiger partial charge is 0.348 e. The van der Waals surface area contributed by atoms with E-state index >= 15 is 0 Å². The van der Waals surface area contributed by atoms with Gasteiger partial charge >= 0.3 is 5.69 Å². The van der Waals surface area contributed by atoms with Gasteiger partial charge in [-0.1, -0.05) is 23.7 Å². The van der Waals surface area contributed by atoms with Crippen LogP contribution >= 0.6 is 11.6 Å². The second-order valence-electron chi connectivity index (χ2n) is 4.45. The molecule has 0 fully saturated rings. The third-order valence-corrected chi connectivity index (χ3v) is 3.19. The molecule has 9 heteroatoms. The Labute approximate surface area is 132 Å². The summed E-state index contributed by atoms with van der Waals surface area (Å²) in [7, 11) is 0. The van der Waals surface area contributed by atoms with Crippen LogP contribution in [0.4, 0.5) is 18.9 Å². The molecule has 0 saturated heterocycles. The number of halogens is 4. The van der Waals surface area contributed by atoms with Gasteiger partial charge in [-0.25, -0.2) is 8.78 Å². The minimum atomic E-state index is -2.07. The van der Waals surface area contributed by atoms with Crippen molar-refractivity contribution in [1.29, 1.82) is 0 Å². The van der Waals surface area contributed by atoms with Gasteiger partial charge in [-0.15, -0.1) is 0 Å². The van der Waals surface area contributed by atoms with Gasteiger partial charge in [-0.2, -0.15) is 4.39 Å². The zero-order valence-electron chi connectivity index (χ0n) is 11.3. The predicted molar refractivity (Wildman–Crippen MR) is 75.6 cm³/mol. The molecule has 0 aliphatic rings. The fraction of sp³-hybridized carbons (Fsp3) is 0.0714. The lowest BCUT2D eigenvalue weighted by Gasteiger charge is -2.07. The van der Waals surface area contributed by atoms with E-state index in [9.17, 15) is 28.1 Å². The highest BCUT2D eigenvalue weighted by atomic mass is 35.5. The maximum absolute atomic E-state index is 13.6. The first-order valence-electron chi connectivity index (χ1n) is 6.15. The summed E-state index contributed by atoms with van der Waals surface area (Å²) in [6, 6.07) is 6.66. The van der Waals surface area contributed by atoms with Crippen molar-refractivity contribution < 1.29 is 22.9 Å². The van der Waals surface area contributed by atoms with Crippen molar-refractivity contribution in [3.63, 3.8) is 0 Å². The number of nitro groups is 1. The second-order valence-corrected chi connectivity index (χ2v) is 4.89. The van der Waals surface area contributed by atoms with Crippen molar-refractivity contribution in [1.82, 2.24) is 5.32 Å². The lowest BCUT2D eigenvalue weighted by Crippen LogP contribution is -2.24. The number of nitro benzene ring substituents is 1. The third-order valence-electron chi connectivity index (χ3n) is 2.94. The van der Waals surface area contributed by atoms with Crippen molar-refractivity contribution in [3.8, 4) is 0 Å². The topological polar surface area (TPSA) is 72.2 Å². The summed E-state index contributed by atoms with van der Waals surface area (Å²) in [6.45, 7) is -0.0533. The lowest BCUT2D eigenvalue weighted by molar-refractivity contribution is -0.387. The van der Waals surface area contributed by atoms with Gasteiger partial charge in [0.1, 0.15) is 0 Å². The van der Waals surface area contributed by atoms with Crippen molar-refractivity contribution in [2.45, 2.75) is 6.54 Å². The normalized spacial score (nSPS) is 10.4. The average Bonchev–Trinajstić information content (AvgIpc) is 2.51. The van der Waals surface area contributed by atoms with Gasteiger partial charge in [0, 0.05) is 17.6 Å². The molecule has 0 unspecified atom stereocenters. The van der Waals surface area contributed by atoms with Crippen LogP contribution in [0.1, 0.15) is 15.9 Å². The summed E-state index contributed by atoms with van der Waals surface area (Å²) >= 11 is 5.69. The molecule has 1 amide bonds. The molecule has 0 radical (unpaired) electrons. The first-order chi connectivity index (χ1) is 10.8. The molecule has 2 aromatic rings. The molecule has 0 aliphatic carbocycles. The summed E-state index contributed by atoms with van der Waals surface area (Å²) in [4.78, 5) is 21.2. The zero-order valence-corrected chi connectivity index (χ0v) is 12.0. The number of amides is 1. The quantitative estimate of drug-likeness (QED) is 0.523. The van der Waals surface area contributed by atoms with E-state index in [1.54, 1.807) is 24.3 Å². The molecule has 0 spiro atoms. The SMILES string of the molecule is O=C(NCc1ccc(Cl)cc1)c1cc([N+](=O)[O-])c(F)c(F)c1F. The van der Waals surface area contributed by atoms with Crippen LogP contribution in [0.5, 0.6) is 0 Å². The molecule has 0 saturated carbocycles. The molecule has 0 aromatic heterocycles. The van der Waals surface area contributed by atoms with Crippen molar-refractivity contribution in [2.24, 2.45) is 0 Å². The Bertz CT molecular complexity index is 782. The Morgan fingerprint density at radius 3 is 2.30 bits per heavy atom. The maximum atomic E-state index is 13.6. The van der Waals surface area contributed by atoms with Crippen molar-refractivity contribution >= 4 is 23.2 Å². The van der Waals surface area contributed by atoms with Gasteiger partial charge in [0.25, 0.3) is 5.91 Å². The van der Waals surface area contributed by atoms with E-state index in [0.717, 1.165) is 0 Å². The van der Waals surface area contributed by atoms with Crippen LogP contribution in [-0.2, 0) is 6.54 Å². The van der Waals surface area contributed by atoms with Gasteiger partial charge in [0.2, 0.25) is 11.6 Å². The Morgan fingerprint density at radius 1 is 1.13 bits per heavy atom. The summed E-state index contributed by atoms with van der Waals surface area (Å²) in [6.07, 6.45) is 0. The van der Waals surface area contributed by atoms with Crippen LogP contribution in [0.15, 0.2) is 30.3 Å². The van der Waals surface area contributed by atoms with Crippen molar-refractivity contribution in [3.05, 3.63) is 74.0 Å². The first-order valence-corrected chi connectivity index (χ1v) is 6.53. The number of carbonyl (C=O) groups excluding carboxylic acids is 1. The zero-order chi connectivity index (χ0) is 17.1. The van der Waals surface area contributed by atoms with Crippen LogP contribution in [-0.4, -0.2) is 10.8 Å². The molecule has 1 N–H and O–H groups in total. The van der Waals surface area contributed by atoms with E-state index in [-0.39, 0.29) is 6.54 Å². The molecule has 120 valence electrons. The minimum Gasteiger partial charge on any atom is -0.348 e. The number of carbonyl (C=O) groups is 1. The molecular formula is C14H8ClF3N2O3. The van der Waals surface area contributed by atoms with Gasteiger partial charge in [0.05, 0.1) is 10.5 Å². The van der Waals surface area contributed by atoms with Crippen LogP contribution in [0.25, 0.3) is 0 Å². The van der Waals surface area contributed by atoms with Crippen LogP contribution < -0.4 is 5.32 Å².